The van der Waals surface area contributed by atoms with Gasteiger partial charge in [0.15, 0.2) is 0 Å². The van der Waals surface area contributed by atoms with Gasteiger partial charge in [0.2, 0.25) is 0 Å². The first-order chi connectivity index (χ1) is 5.52. The van der Waals surface area contributed by atoms with E-state index in [2.05, 4.69) is 32.6 Å². The second-order valence-electron chi connectivity index (χ2n) is 4.49. The molecule has 2 heteroatoms. The van der Waals surface area contributed by atoms with E-state index >= 15 is 0 Å². The van der Waals surface area contributed by atoms with E-state index in [9.17, 15) is 5.11 Å². The van der Waals surface area contributed by atoms with Gasteiger partial charge in [-0.15, -0.1) is 0 Å². The summed E-state index contributed by atoms with van der Waals surface area (Å²) < 4.78 is 0. The Bertz CT molecular complexity index is 129. The Morgan fingerprint density at radius 3 is 2.17 bits per heavy atom. The molecule has 0 amide bonds. The largest absolute Gasteiger partial charge is 0.392 e. The molecule has 1 fully saturated rings. The molecule has 12 heavy (non-hydrogen) atoms. The molecular formula is C10H21NO. The van der Waals surface area contributed by atoms with Crippen molar-refractivity contribution in [1.82, 2.24) is 4.90 Å². The average Bonchev–Trinajstić information content (AvgIpc) is 2.31. The van der Waals surface area contributed by atoms with E-state index in [0.717, 1.165) is 13.0 Å². The number of hydrogen-bond acceptors (Lipinski definition) is 2. The quantitative estimate of drug-likeness (QED) is 0.680. The van der Waals surface area contributed by atoms with Gasteiger partial charge in [-0.3, -0.25) is 4.90 Å². The van der Waals surface area contributed by atoms with Crippen molar-refractivity contribution in [2.24, 2.45) is 5.92 Å². The number of aliphatic hydroxyl groups excluding tert-OH is 1. The lowest BCUT2D eigenvalue weighted by atomic mass is 10.0. The molecule has 1 aliphatic rings. The lowest BCUT2D eigenvalue weighted by Crippen LogP contribution is -2.38. The molecule has 2 atom stereocenters. The normalized spacial score (nSPS) is 32.2. The SMILES string of the molecule is CC(C)[C@@H]1C[C@@H](O)CN1C(C)C. The molecule has 1 rings (SSSR count). The summed E-state index contributed by atoms with van der Waals surface area (Å²) in [4.78, 5) is 2.41. The Morgan fingerprint density at radius 1 is 1.25 bits per heavy atom. The van der Waals surface area contributed by atoms with Crippen LogP contribution in [0, 0.1) is 5.92 Å². The van der Waals surface area contributed by atoms with Crippen LogP contribution in [0.25, 0.3) is 0 Å². The van der Waals surface area contributed by atoms with Gasteiger partial charge in [-0.05, 0) is 26.2 Å². The molecule has 0 radical (unpaired) electrons. The van der Waals surface area contributed by atoms with Crippen LogP contribution in [0.3, 0.4) is 0 Å². The lowest BCUT2D eigenvalue weighted by molar-refractivity contribution is 0.148. The van der Waals surface area contributed by atoms with Gasteiger partial charge in [-0.2, -0.15) is 0 Å². The van der Waals surface area contributed by atoms with Crippen molar-refractivity contribution < 1.29 is 5.11 Å². The second kappa shape index (κ2) is 3.75. The number of aliphatic hydroxyl groups is 1. The maximum Gasteiger partial charge on any atom is 0.0682 e. The predicted octanol–water partition coefficient (Wildman–Crippen LogP) is 1.49. The van der Waals surface area contributed by atoms with Crippen LogP contribution in [-0.2, 0) is 0 Å². The maximum absolute atomic E-state index is 9.53. The molecule has 1 saturated heterocycles. The molecule has 0 aliphatic carbocycles. The van der Waals surface area contributed by atoms with E-state index in [0.29, 0.717) is 18.0 Å². The van der Waals surface area contributed by atoms with Crippen LogP contribution in [0.4, 0.5) is 0 Å². The summed E-state index contributed by atoms with van der Waals surface area (Å²) >= 11 is 0. The average molecular weight is 171 g/mol. The fourth-order valence-electron chi connectivity index (χ4n) is 2.12. The van der Waals surface area contributed by atoms with Gasteiger partial charge in [0.1, 0.15) is 0 Å². The van der Waals surface area contributed by atoms with E-state index in [1.165, 1.54) is 0 Å². The second-order valence-corrected chi connectivity index (χ2v) is 4.49. The molecule has 2 nitrogen and oxygen atoms in total. The zero-order valence-electron chi connectivity index (χ0n) is 8.62. The smallest absolute Gasteiger partial charge is 0.0682 e. The Hall–Kier alpha value is -0.0800. The number of nitrogens with zero attached hydrogens (tertiary/aromatic N) is 1. The summed E-state index contributed by atoms with van der Waals surface area (Å²) in [5, 5.41) is 9.53. The van der Waals surface area contributed by atoms with Crippen LogP contribution in [0.5, 0.6) is 0 Å². The van der Waals surface area contributed by atoms with Crippen LogP contribution in [0.1, 0.15) is 34.1 Å². The number of rotatable bonds is 2. The van der Waals surface area contributed by atoms with Gasteiger partial charge in [0.05, 0.1) is 6.10 Å². The van der Waals surface area contributed by atoms with Crippen LogP contribution in [0.15, 0.2) is 0 Å². The van der Waals surface area contributed by atoms with Crippen molar-refractivity contribution in [3.8, 4) is 0 Å². The fraction of sp³-hybridized carbons (Fsp3) is 1.00. The van der Waals surface area contributed by atoms with Crippen LogP contribution >= 0.6 is 0 Å². The maximum atomic E-state index is 9.53. The van der Waals surface area contributed by atoms with Crippen molar-refractivity contribution in [3.63, 3.8) is 0 Å². The van der Waals surface area contributed by atoms with Crippen molar-refractivity contribution in [2.75, 3.05) is 6.54 Å². The van der Waals surface area contributed by atoms with Crippen molar-refractivity contribution in [1.29, 1.82) is 0 Å². The third-order valence-electron chi connectivity index (χ3n) is 2.79. The molecule has 72 valence electrons. The summed E-state index contributed by atoms with van der Waals surface area (Å²) in [5.74, 6) is 0.657. The zero-order chi connectivity index (χ0) is 9.30. The highest BCUT2D eigenvalue weighted by Crippen LogP contribution is 2.25. The molecule has 0 unspecified atom stereocenters. The zero-order valence-corrected chi connectivity index (χ0v) is 8.62. The first-order valence-electron chi connectivity index (χ1n) is 4.96. The molecule has 0 saturated carbocycles. The third kappa shape index (κ3) is 1.99. The predicted molar refractivity (Wildman–Crippen MR) is 51.1 cm³/mol. The van der Waals surface area contributed by atoms with E-state index in [-0.39, 0.29) is 6.10 Å². The van der Waals surface area contributed by atoms with Gasteiger partial charge in [-0.25, -0.2) is 0 Å². The molecule has 0 aromatic carbocycles. The minimum absolute atomic E-state index is 0.0974. The van der Waals surface area contributed by atoms with Crippen molar-refractivity contribution in [3.05, 3.63) is 0 Å². The van der Waals surface area contributed by atoms with Gasteiger partial charge < -0.3 is 5.11 Å². The summed E-state index contributed by atoms with van der Waals surface area (Å²) in [6.45, 7) is 9.73. The van der Waals surface area contributed by atoms with E-state index in [1.54, 1.807) is 0 Å². The minimum Gasteiger partial charge on any atom is -0.392 e. The number of β-amino-alcohol motifs (C(OH)–C–C–N with tert-alkyl or cyclic N) is 1. The van der Waals surface area contributed by atoms with E-state index in [4.69, 9.17) is 0 Å². The van der Waals surface area contributed by atoms with Gasteiger partial charge in [-0.1, -0.05) is 13.8 Å². The minimum atomic E-state index is -0.0974. The van der Waals surface area contributed by atoms with E-state index < -0.39 is 0 Å². The molecule has 0 bridgehead atoms. The molecular weight excluding hydrogens is 150 g/mol. The topological polar surface area (TPSA) is 23.5 Å². The molecule has 1 aliphatic heterocycles. The summed E-state index contributed by atoms with van der Waals surface area (Å²) in [6.07, 6.45) is 0.857. The van der Waals surface area contributed by atoms with Crippen molar-refractivity contribution in [2.45, 2.75) is 52.3 Å². The lowest BCUT2D eigenvalue weighted by Gasteiger charge is -2.30. The molecule has 0 spiro atoms. The molecule has 0 aromatic heterocycles. The standard InChI is InChI=1S/C10H21NO/c1-7(2)10-5-9(12)6-11(10)8(3)4/h7-10,12H,5-6H2,1-4H3/t9-,10+/m1/s1. The summed E-state index contributed by atoms with van der Waals surface area (Å²) in [7, 11) is 0. The Morgan fingerprint density at radius 2 is 1.83 bits per heavy atom. The fourth-order valence-corrected chi connectivity index (χ4v) is 2.12. The Labute approximate surface area is 75.6 Å². The monoisotopic (exact) mass is 171 g/mol. The first kappa shape index (κ1) is 10.0. The highest BCUT2D eigenvalue weighted by Gasteiger charge is 2.33. The number of likely N-dealkylation sites (tertiary alicyclic amines) is 1. The van der Waals surface area contributed by atoms with Gasteiger partial charge >= 0.3 is 0 Å². The van der Waals surface area contributed by atoms with Crippen LogP contribution in [-0.4, -0.2) is 34.7 Å². The van der Waals surface area contributed by atoms with E-state index in [1.807, 2.05) is 0 Å². The number of hydrogen-bond donors (Lipinski definition) is 1. The highest BCUT2D eigenvalue weighted by atomic mass is 16.3. The summed E-state index contributed by atoms with van der Waals surface area (Å²) in [6, 6.07) is 1.15. The van der Waals surface area contributed by atoms with Crippen LogP contribution in [0.2, 0.25) is 0 Å². The molecule has 1 N–H and O–H groups in total. The van der Waals surface area contributed by atoms with Crippen LogP contribution < -0.4 is 0 Å². The molecule has 1 heterocycles. The Kier molecular flexibility index (Phi) is 3.13. The molecule has 0 aromatic rings. The Balaban J connectivity index is 2.59. The van der Waals surface area contributed by atoms with Gasteiger partial charge in [0, 0.05) is 18.6 Å². The van der Waals surface area contributed by atoms with Crippen molar-refractivity contribution >= 4 is 0 Å². The van der Waals surface area contributed by atoms with Gasteiger partial charge in [0.25, 0.3) is 0 Å². The third-order valence-corrected chi connectivity index (χ3v) is 2.79. The highest BCUT2D eigenvalue weighted by molar-refractivity contribution is 4.88. The summed E-state index contributed by atoms with van der Waals surface area (Å²) in [5.41, 5.74) is 0. The first-order valence-corrected chi connectivity index (χ1v) is 4.96.